The average Bonchev–Trinajstić information content (AvgIpc) is 2.50. The summed E-state index contributed by atoms with van der Waals surface area (Å²) in [6, 6.07) is 8.31. The van der Waals surface area contributed by atoms with Crippen molar-refractivity contribution < 1.29 is 0 Å². The second-order valence-electron chi connectivity index (χ2n) is 2.79. The zero-order chi connectivity index (χ0) is 8.39. The molecule has 1 heterocycles. The predicted octanol–water partition coefficient (Wildman–Crippen LogP) is 3.20. The van der Waals surface area contributed by atoms with Gasteiger partial charge >= 0.3 is 0 Å². The fraction of sp³-hybridized carbons (Fsp3) is 0.0909. The Bertz CT molecular complexity index is 410. The number of aromatic nitrogens is 1. The third-order valence-corrected chi connectivity index (χ3v) is 1.97. The Kier molecular flexibility index (Phi) is 1.71. The molecule has 2 rings (SSSR count). The third-order valence-electron chi connectivity index (χ3n) is 1.97. The summed E-state index contributed by atoms with van der Waals surface area (Å²) in [5.74, 6) is 0. The summed E-state index contributed by atoms with van der Waals surface area (Å²) in [5.41, 5.74) is 2.46. The Labute approximate surface area is 71.7 Å². The lowest BCUT2D eigenvalue weighted by Gasteiger charge is -1.88. The third kappa shape index (κ3) is 1.03. The quantitative estimate of drug-likeness (QED) is 0.654. The van der Waals surface area contributed by atoms with Crippen LogP contribution in [0, 0.1) is 0 Å². The van der Waals surface area contributed by atoms with Gasteiger partial charge in [0, 0.05) is 17.1 Å². The topological polar surface area (TPSA) is 15.8 Å². The van der Waals surface area contributed by atoms with Gasteiger partial charge in [-0.3, -0.25) is 0 Å². The van der Waals surface area contributed by atoms with Gasteiger partial charge in [-0.2, -0.15) is 0 Å². The van der Waals surface area contributed by atoms with Gasteiger partial charge in [-0.25, -0.2) is 0 Å². The van der Waals surface area contributed by atoms with E-state index in [1.807, 2.05) is 19.2 Å². The molecule has 0 aliphatic rings. The molecule has 12 heavy (non-hydrogen) atoms. The molecule has 1 N–H and O–H groups in total. The van der Waals surface area contributed by atoms with Crippen molar-refractivity contribution >= 4 is 17.0 Å². The summed E-state index contributed by atoms with van der Waals surface area (Å²) in [6.45, 7) is 2.03. The number of hydrogen-bond acceptors (Lipinski definition) is 0. The molecule has 0 saturated heterocycles. The summed E-state index contributed by atoms with van der Waals surface area (Å²) in [7, 11) is 0. The maximum absolute atomic E-state index is 3.22. The zero-order valence-corrected chi connectivity index (χ0v) is 7.04. The number of benzene rings is 1. The fourth-order valence-corrected chi connectivity index (χ4v) is 1.41. The monoisotopic (exact) mass is 157 g/mol. The smallest absolute Gasteiger partial charge is 0.0460 e. The lowest BCUT2D eigenvalue weighted by Crippen LogP contribution is -1.66. The molecule has 1 nitrogen and oxygen atoms in total. The van der Waals surface area contributed by atoms with E-state index in [1.165, 1.54) is 16.5 Å². The molecule has 1 aromatic heterocycles. The van der Waals surface area contributed by atoms with Crippen molar-refractivity contribution in [3.8, 4) is 0 Å². The second kappa shape index (κ2) is 2.86. The van der Waals surface area contributed by atoms with Crippen LogP contribution >= 0.6 is 0 Å². The van der Waals surface area contributed by atoms with Gasteiger partial charge in [-0.1, -0.05) is 30.4 Å². The largest absolute Gasteiger partial charge is 0.361 e. The van der Waals surface area contributed by atoms with Gasteiger partial charge in [0.25, 0.3) is 0 Å². The van der Waals surface area contributed by atoms with E-state index in [2.05, 4.69) is 35.3 Å². The lowest BCUT2D eigenvalue weighted by atomic mass is 10.2. The van der Waals surface area contributed by atoms with E-state index in [4.69, 9.17) is 0 Å². The molecular weight excluding hydrogens is 146 g/mol. The van der Waals surface area contributed by atoms with Gasteiger partial charge in [-0.05, 0) is 18.6 Å². The second-order valence-corrected chi connectivity index (χ2v) is 2.79. The summed E-state index contributed by atoms with van der Waals surface area (Å²) in [6.07, 6.45) is 6.19. The molecule has 0 amide bonds. The molecule has 2 aromatic rings. The summed E-state index contributed by atoms with van der Waals surface area (Å²) in [5, 5.41) is 1.29. The Hall–Kier alpha value is -1.50. The highest BCUT2D eigenvalue weighted by Crippen LogP contribution is 2.18. The number of fused-ring (bicyclic) bond motifs is 1. The number of H-pyrrole nitrogens is 1. The van der Waals surface area contributed by atoms with Crippen molar-refractivity contribution in [2.45, 2.75) is 6.92 Å². The van der Waals surface area contributed by atoms with Crippen LogP contribution < -0.4 is 0 Å². The van der Waals surface area contributed by atoms with Gasteiger partial charge in [0.15, 0.2) is 0 Å². The van der Waals surface area contributed by atoms with Crippen molar-refractivity contribution in [2.24, 2.45) is 0 Å². The predicted molar refractivity (Wildman–Crippen MR) is 53.0 cm³/mol. The van der Waals surface area contributed by atoms with Crippen LogP contribution in [0.2, 0.25) is 0 Å². The van der Waals surface area contributed by atoms with Crippen LogP contribution in [-0.2, 0) is 0 Å². The molecule has 0 aliphatic heterocycles. The number of hydrogen-bond donors (Lipinski definition) is 1. The highest BCUT2D eigenvalue weighted by Gasteiger charge is 1.96. The van der Waals surface area contributed by atoms with E-state index in [-0.39, 0.29) is 0 Å². The summed E-state index contributed by atoms with van der Waals surface area (Å²) < 4.78 is 0. The number of para-hydroxylation sites is 1. The zero-order valence-electron chi connectivity index (χ0n) is 7.04. The first kappa shape index (κ1) is 7.17. The van der Waals surface area contributed by atoms with E-state index in [0.29, 0.717) is 0 Å². The highest BCUT2D eigenvalue weighted by molar-refractivity contribution is 5.88. The highest BCUT2D eigenvalue weighted by atomic mass is 14.7. The van der Waals surface area contributed by atoms with E-state index in [0.717, 1.165) is 0 Å². The normalized spacial score (nSPS) is 11.4. The molecular formula is C11H11N. The van der Waals surface area contributed by atoms with E-state index in [1.54, 1.807) is 0 Å². The van der Waals surface area contributed by atoms with Gasteiger partial charge in [0.2, 0.25) is 0 Å². The molecule has 0 bridgehead atoms. The molecule has 0 aliphatic carbocycles. The number of rotatable bonds is 1. The molecule has 0 unspecified atom stereocenters. The molecule has 1 aromatic carbocycles. The maximum Gasteiger partial charge on any atom is 0.0460 e. The number of allylic oxidation sites excluding steroid dienone is 1. The van der Waals surface area contributed by atoms with E-state index in [9.17, 15) is 0 Å². The Balaban J connectivity index is 2.70. The van der Waals surface area contributed by atoms with Crippen molar-refractivity contribution in [3.05, 3.63) is 42.1 Å². The first-order chi connectivity index (χ1) is 5.92. The minimum Gasteiger partial charge on any atom is -0.361 e. The van der Waals surface area contributed by atoms with Crippen LogP contribution in [0.5, 0.6) is 0 Å². The Morgan fingerprint density at radius 2 is 2.08 bits per heavy atom. The summed E-state index contributed by atoms with van der Waals surface area (Å²) >= 11 is 0. The van der Waals surface area contributed by atoms with Crippen LogP contribution in [0.15, 0.2) is 36.5 Å². The standard InChI is InChI=1S/C11H11N/c1-2-5-9-8-12-11-7-4-3-6-10(9)11/h2-8,12H,1H3/b5-2-. The molecule has 0 spiro atoms. The van der Waals surface area contributed by atoms with Crippen LogP contribution in [0.1, 0.15) is 12.5 Å². The summed E-state index contributed by atoms with van der Waals surface area (Å²) in [4.78, 5) is 3.22. The molecule has 1 heteroatoms. The van der Waals surface area contributed by atoms with Gasteiger partial charge < -0.3 is 4.98 Å². The first-order valence-corrected chi connectivity index (χ1v) is 4.10. The molecule has 60 valence electrons. The minimum atomic E-state index is 1.20. The van der Waals surface area contributed by atoms with Crippen LogP contribution in [0.25, 0.3) is 17.0 Å². The van der Waals surface area contributed by atoms with Crippen molar-refractivity contribution in [3.63, 3.8) is 0 Å². The number of aromatic amines is 1. The Morgan fingerprint density at radius 1 is 1.25 bits per heavy atom. The van der Waals surface area contributed by atoms with Crippen molar-refractivity contribution in [1.29, 1.82) is 0 Å². The SMILES string of the molecule is C/C=C\c1c[nH]c2ccccc12. The van der Waals surface area contributed by atoms with Crippen LogP contribution in [0.4, 0.5) is 0 Å². The van der Waals surface area contributed by atoms with Gasteiger partial charge in [0.05, 0.1) is 0 Å². The Morgan fingerprint density at radius 3 is 2.92 bits per heavy atom. The van der Waals surface area contributed by atoms with Crippen molar-refractivity contribution in [2.75, 3.05) is 0 Å². The van der Waals surface area contributed by atoms with Gasteiger partial charge in [-0.15, -0.1) is 0 Å². The first-order valence-electron chi connectivity index (χ1n) is 4.10. The van der Waals surface area contributed by atoms with E-state index >= 15 is 0 Å². The molecule has 0 radical (unpaired) electrons. The van der Waals surface area contributed by atoms with Crippen LogP contribution in [-0.4, -0.2) is 4.98 Å². The minimum absolute atomic E-state index is 1.20. The van der Waals surface area contributed by atoms with Crippen molar-refractivity contribution in [1.82, 2.24) is 4.98 Å². The molecule has 0 fully saturated rings. The molecule has 0 saturated carbocycles. The maximum atomic E-state index is 3.22. The average molecular weight is 157 g/mol. The molecule has 0 atom stereocenters. The fourth-order valence-electron chi connectivity index (χ4n) is 1.41. The number of nitrogens with one attached hydrogen (secondary N) is 1. The van der Waals surface area contributed by atoms with Crippen LogP contribution in [0.3, 0.4) is 0 Å². The lowest BCUT2D eigenvalue weighted by molar-refractivity contribution is 1.47. The van der Waals surface area contributed by atoms with E-state index < -0.39 is 0 Å². The van der Waals surface area contributed by atoms with Gasteiger partial charge in [0.1, 0.15) is 0 Å².